The van der Waals surface area contributed by atoms with Gasteiger partial charge in [0.15, 0.2) is 11.5 Å². The number of nitrogens with one attached hydrogen (secondary N) is 2. The molecule has 0 saturated heterocycles. The first-order valence-electron chi connectivity index (χ1n) is 13.5. The number of carbonyl (C=O) groups excluding carboxylic acids is 2. The number of anilines is 2. The van der Waals surface area contributed by atoms with Crippen LogP contribution in [0.15, 0.2) is 84.5 Å². The Balaban J connectivity index is 1.24. The second-order valence-electron chi connectivity index (χ2n) is 9.67. The molecule has 0 unspecified atom stereocenters. The number of rotatable bonds is 10. The van der Waals surface area contributed by atoms with Gasteiger partial charge in [0, 0.05) is 64.8 Å². The molecule has 5 aromatic rings. The van der Waals surface area contributed by atoms with E-state index in [4.69, 9.17) is 14.2 Å². The summed E-state index contributed by atoms with van der Waals surface area (Å²) in [7, 11) is 3.13. The number of aromatic nitrogens is 3. The van der Waals surface area contributed by atoms with Crippen molar-refractivity contribution in [2.45, 2.75) is 13.5 Å². The molecule has 0 amide bonds. The molecule has 0 saturated carbocycles. The third kappa shape index (κ3) is 4.92. The van der Waals surface area contributed by atoms with Crippen LogP contribution in [0.2, 0.25) is 0 Å². The molecule has 212 valence electrons. The van der Waals surface area contributed by atoms with Crippen LogP contribution in [0, 0.1) is 0 Å². The maximum Gasteiger partial charge on any atom is 0.204 e. The summed E-state index contributed by atoms with van der Waals surface area (Å²) in [6, 6.07) is 17.6. The van der Waals surface area contributed by atoms with Gasteiger partial charge in [-0.25, -0.2) is 9.97 Å². The van der Waals surface area contributed by atoms with E-state index in [9.17, 15) is 9.59 Å². The monoisotopic (exact) mass is 563 g/mol. The summed E-state index contributed by atoms with van der Waals surface area (Å²) < 4.78 is 18.5. The number of nitrogens with zero attached hydrogens (tertiary/aromatic N) is 3. The molecule has 0 fully saturated rings. The molecule has 2 N–H and O–H groups in total. The van der Waals surface area contributed by atoms with Crippen molar-refractivity contribution in [3.8, 4) is 11.5 Å². The van der Waals surface area contributed by atoms with Crippen LogP contribution in [0.4, 0.5) is 11.5 Å². The number of ether oxygens (including phenoxy) is 3. The third-order valence-electron chi connectivity index (χ3n) is 7.17. The number of ketones is 2. The molecule has 2 heterocycles. The van der Waals surface area contributed by atoms with Crippen molar-refractivity contribution in [1.29, 1.82) is 0 Å². The van der Waals surface area contributed by atoms with E-state index in [2.05, 4.69) is 44.2 Å². The minimum Gasteiger partial charge on any atom is -0.493 e. The minimum absolute atomic E-state index is 0.103. The van der Waals surface area contributed by atoms with E-state index in [0.717, 1.165) is 34.0 Å². The first-order chi connectivity index (χ1) is 20.5. The van der Waals surface area contributed by atoms with Gasteiger partial charge >= 0.3 is 0 Å². The van der Waals surface area contributed by atoms with E-state index in [1.54, 1.807) is 19.2 Å². The van der Waals surface area contributed by atoms with Crippen molar-refractivity contribution < 1.29 is 23.8 Å². The van der Waals surface area contributed by atoms with Gasteiger partial charge in [-0.1, -0.05) is 18.2 Å². The molecule has 10 heteroatoms. The standard InChI is InChI=1S/C32H29N5O5/c1-4-37-26-8-6-5-7-20(26)21-13-19(9-10-27(21)37)35-24-15-29(39)25(16-28(24)38)36-32-22-14-30(41-3)31(42-12-11-40-2)17-23(22)33-18-34-32/h5-10,13-18,35H,4,11-12H2,1-3H3,(H,33,34,36). The van der Waals surface area contributed by atoms with E-state index < -0.39 is 0 Å². The number of aryl methyl sites for hydroxylation is 1. The van der Waals surface area contributed by atoms with Crippen LogP contribution in [-0.2, 0) is 20.9 Å². The molecule has 2 aromatic heterocycles. The third-order valence-corrected chi connectivity index (χ3v) is 7.17. The second kappa shape index (κ2) is 11.3. The zero-order chi connectivity index (χ0) is 29.2. The fraction of sp³-hybridized carbons (Fsp3) is 0.188. The lowest BCUT2D eigenvalue weighted by atomic mass is 10.1. The van der Waals surface area contributed by atoms with Crippen molar-refractivity contribution in [3.63, 3.8) is 0 Å². The number of hydrogen-bond donors (Lipinski definition) is 2. The number of carbonyl (C=O) groups is 2. The molecular formula is C32H29N5O5. The predicted octanol–water partition coefficient (Wildman–Crippen LogP) is 5.24. The lowest BCUT2D eigenvalue weighted by Crippen LogP contribution is -2.22. The summed E-state index contributed by atoms with van der Waals surface area (Å²) in [6.07, 6.45) is 3.95. The van der Waals surface area contributed by atoms with E-state index in [1.807, 2.05) is 30.3 Å². The number of allylic oxidation sites excluding steroid dienone is 2. The van der Waals surface area contributed by atoms with E-state index >= 15 is 0 Å². The topological polar surface area (TPSA) is 117 Å². The Hall–Kier alpha value is -5.22. The summed E-state index contributed by atoms with van der Waals surface area (Å²) in [5, 5.41) is 8.96. The number of hydrogen-bond acceptors (Lipinski definition) is 9. The van der Waals surface area contributed by atoms with Crippen LogP contribution in [-0.4, -0.2) is 53.5 Å². The van der Waals surface area contributed by atoms with Crippen LogP contribution in [0.3, 0.4) is 0 Å². The molecule has 0 atom stereocenters. The summed E-state index contributed by atoms with van der Waals surface area (Å²) >= 11 is 0. The highest BCUT2D eigenvalue weighted by Crippen LogP contribution is 2.35. The second-order valence-corrected chi connectivity index (χ2v) is 9.67. The van der Waals surface area contributed by atoms with Gasteiger partial charge in [-0.2, -0.15) is 0 Å². The Morgan fingerprint density at radius 3 is 2.31 bits per heavy atom. The molecule has 10 nitrogen and oxygen atoms in total. The lowest BCUT2D eigenvalue weighted by molar-refractivity contribution is -0.115. The van der Waals surface area contributed by atoms with Crippen molar-refractivity contribution in [3.05, 3.63) is 84.5 Å². The molecule has 42 heavy (non-hydrogen) atoms. The molecule has 6 rings (SSSR count). The van der Waals surface area contributed by atoms with Crippen molar-refractivity contribution in [2.24, 2.45) is 0 Å². The van der Waals surface area contributed by atoms with Gasteiger partial charge in [-0.05, 0) is 37.3 Å². The average Bonchev–Trinajstić information content (AvgIpc) is 3.32. The fourth-order valence-electron chi connectivity index (χ4n) is 5.18. The molecular weight excluding hydrogens is 534 g/mol. The van der Waals surface area contributed by atoms with Gasteiger partial charge < -0.3 is 29.4 Å². The van der Waals surface area contributed by atoms with Gasteiger partial charge in [0.05, 0.1) is 30.6 Å². The van der Waals surface area contributed by atoms with Crippen LogP contribution < -0.4 is 20.1 Å². The molecule has 0 bridgehead atoms. The SMILES string of the molecule is CCn1c2ccccc2c2cc(NC3=CC(=O)C(Nc4ncnc5cc(OCCOC)c(OC)cc45)=CC3=O)ccc21. The number of methoxy groups -OCH3 is 2. The van der Waals surface area contributed by atoms with Crippen LogP contribution >= 0.6 is 0 Å². The van der Waals surface area contributed by atoms with Gasteiger partial charge in [-0.15, -0.1) is 0 Å². The highest BCUT2D eigenvalue weighted by molar-refractivity contribution is 6.22. The van der Waals surface area contributed by atoms with Crippen LogP contribution in [0.1, 0.15) is 6.92 Å². The number of para-hydroxylation sites is 1. The van der Waals surface area contributed by atoms with Gasteiger partial charge in [0.2, 0.25) is 11.6 Å². The smallest absolute Gasteiger partial charge is 0.204 e. The minimum atomic E-state index is -0.362. The largest absolute Gasteiger partial charge is 0.493 e. The molecule has 0 radical (unpaired) electrons. The summed E-state index contributed by atoms with van der Waals surface area (Å²) in [5.74, 6) is 0.640. The molecule has 0 spiro atoms. The van der Waals surface area contributed by atoms with Gasteiger partial charge in [-0.3, -0.25) is 9.59 Å². The molecule has 3 aromatic carbocycles. The van der Waals surface area contributed by atoms with E-state index in [1.165, 1.54) is 25.6 Å². The molecule has 1 aliphatic rings. The number of benzene rings is 3. The average molecular weight is 564 g/mol. The van der Waals surface area contributed by atoms with Crippen LogP contribution in [0.25, 0.3) is 32.7 Å². The lowest BCUT2D eigenvalue weighted by Gasteiger charge is -2.17. The maximum absolute atomic E-state index is 13.1. The Bertz CT molecular complexity index is 1920. The summed E-state index contributed by atoms with van der Waals surface area (Å²) in [5.41, 5.74) is 3.85. The summed E-state index contributed by atoms with van der Waals surface area (Å²) in [6.45, 7) is 3.72. The maximum atomic E-state index is 13.1. The van der Waals surface area contributed by atoms with Crippen molar-refractivity contribution >= 4 is 55.8 Å². The molecule has 0 aliphatic heterocycles. The zero-order valence-electron chi connectivity index (χ0n) is 23.4. The Kier molecular flexibility index (Phi) is 7.28. The Labute approximate surface area is 241 Å². The Morgan fingerprint density at radius 1 is 0.786 bits per heavy atom. The normalized spacial score (nSPS) is 13.4. The zero-order valence-corrected chi connectivity index (χ0v) is 23.4. The Morgan fingerprint density at radius 2 is 1.55 bits per heavy atom. The number of fused-ring (bicyclic) bond motifs is 4. The summed E-state index contributed by atoms with van der Waals surface area (Å²) in [4.78, 5) is 34.9. The van der Waals surface area contributed by atoms with Gasteiger partial charge in [0.1, 0.15) is 18.8 Å². The van der Waals surface area contributed by atoms with Crippen molar-refractivity contribution in [2.75, 3.05) is 38.1 Å². The highest BCUT2D eigenvalue weighted by atomic mass is 16.5. The van der Waals surface area contributed by atoms with E-state index in [-0.39, 0.29) is 23.0 Å². The first kappa shape index (κ1) is 27.0. The molecule has 1 aliphatic carbocycles. The highest BCUT2D eigenvalue weighted by Gasteiger charge is 2.22. The predicted molar refractivity (Wildman–Crippen MR) is 162 cm³/mol. The van der Waals surface area contributed by atoms with Gasteiger partial charge in [0.25, 0.3) is 0 Å². The first-order valence-corrected chi connectivity index (χ1v) is 13.5. The fourth-order valence-corrected chi connectivity index (χ4v) is 5.18. The van der Waals surface area contributed by atoms with Crippen molar-refractivity contribution in [1.82, 2.24) is 14.5 Å². The quantitative estimate of drug-likeness (QED) is 0.174. The van der Waals surface area contributed by atoms with Crippen LogP contribution in [0.5, 0.6) is 11.5 Å². The van der Waals surface area contributed by atoms with E-state index in [0.29, 0.717) is 41.4 Å².